The third-order valence-corrected chi connectivity index (χ3v) is 7.52. The van der Waals surface area contributed by atoms with Gasteiger partial charge in [-0.25, -0.2) is 0 Å². The molecule has 5 rings (SSSR count). The SMILES string of the molecule is O=C1NC2CC(C(=O)NCCCN3CCc4ccccc4C3)CCC2O/C1=C/c1cccc(Cl)c1. The average Bonchev–Trinajstić information content (AvgIpc) is 2.86. The summed E-state index contributed by atoms with van der Waals surface area (Å²) in [6, 6.07) is 15.8. The maximum atomic E-state index is 12.8. The van der Waals surface area contributed by atoms with E-state index in [2.05, 4.69) is 39.8 Å². The Kier molecular flexibility index (Phi) is 7.40. The van der Waals surface area contributed by atoms with Gasteiger partial charge in [0.25, 0.3) is 5.91 Å². The number of amides is 2. The number of hydrogen-bond acceptors (Lipinski definition) is 4. The lowest BCUT2D eigenvalue weighted by Crippen LogP contribution is -2.54. The molecule has 0 aromatic heterocycles. The van der Waals surface area contributed by atoms with E-state index in [9.17, 15) is 9.59 Å². The molecule has 2 aliphatic heterocycles. The molecule has 0 bridgehead atoms. The number of carbonyl (C=O) groups is 2. The predicted molar refractivity (Wildman–Crippen MR) is 137 cm³/mol. The quantitative estimate of drug-likeness (QED) is 0.472. The van der Waals surface area contributed by atoms with Crippen LogP contribution in [0.2, 0.25) is 5.02 Å². The van der Waals surface area contributed by atoms with Crippen LogP contribution < -0.4 is 10.6 Å². The van der Waals surface area contributed by atoms with E-state index in [0.29, 0.717) is 23.7 Å². The number of ether oxygens (including phenoxy) is 1. The van der Waals surface area contributed by atoms with Gasteiger partial charge in [-0.05, 0) is 67.0 Å². The highest BCUT2D eigenvalue weighted by molar-refractivity contribution is 6.30. The molecule has 3 unspecified atom stereocenters. The summed E-state index contributed by atoms with van der Waals surface area (Å²) < 4.78 is 6.03. The van der Waals surface area contributed by atoms with Gasteiger partial charge in [0.1, 0.15) is 6.10 Å². The van der Waals surface area contributed by atoms with Crippen molar-refractivity contribution in [3.05, 3.63) is 76.0 Å². The molecule has 7 heteroatoms. The average molecular weight is 494 g/mol. The Balaban J connectivity index is 1.06. The van der Waals surface area contributed by atoms with Gasteiger partial charge in [-0.2, -0.15) is 0 Å². The highest BCUT2D eigenvalue weighted by Gasteiger charge is 2.40. The van der Waals surface area contributed by atoms with Crippen molar-refractivity contribution in [3.63, 3.8) is 0 Å². The number of fused-ring (bicyclic) bond motifs is 2. The molecule has 1 aliphatic carbocycles. The molecule has 2 N–H and O–H groups in total. The van der Waals surface area contributed by atoms with Crippen molar-refractivity contribution in [2.24, 2.45) is 5.92 Å². The first-order valence-corrected chi connectivity index (χ1v) is 12.9. The molecule has 35 heavy (non-hydrogen) atoms. The third kappa shape index (κ3) is 5.88. The van der Waals surface area contributed by atoms with E-state index in [4.69, 9.17) is 16.3 Å². The predicted octanol–water partition coefficient (Wildman–Crippen LogP) is 3.93. The first-order valence-electron chi connectivity index (χ1n) is 12.6. The van der Waals surface area contributed by atoms with E-state index >= 15 is 0 Å². The summed E-state index contributed by atoms with van der Waals surface area (Å²) in [6.07, 6.45) is 5.75. The summed E-state index contributed by atoms with van der Waals surface area (Å²) in [5, 5.41) is 6.79. The van der Waals surface area contributed by atoms with Gasteiger partial charge in [0.2, 0.25) is 5.91 Å². The number of morpholine rings is 1. The Bertz CT molecular complexity index is 1120. The summed E-state index contributed by atoms with van der Waals surface area (Å²) in [5.74, 6) is 0.0505. The van der Waals surface area contributed by atoms with Crippen molar-refractivity contribution in [2.75, 3.05) is 19.6 Å². The van der Waals surface area contributed by atoms with E-state index in [1.165, 1.54) is 11.1 Å². The molecule has 3 atom stereocenters. The van der Waals surface area contributed by atoms with Crippen molar-refractivity contribution < 1.29 is 14.3 Å². The van der Waals surface area contributed by atoms with Crippen LogP contribution in [0.4, 0.5) is 0 Å². The third-order valence-electron chi connectivity index (χ3n) is 7.28. The van der Waals surface area contributed by atoms with Gasteiger partial charge in [-0.3, -0.25) is 14.5 Å². The molecule has 2 amide bonds. The lowest BCUT2D eigenvalue weighted by molar-refractivity contribution is -0.134. The van der Waals surface area contributed by atoms with Crippen LogP contribution in [0.3, 0.4) is 0 Å². The summed E-state index contributed by atoms with van der Waals surface area (Å²) >= 11 is 6.05. The second kappa shape index (κ2) is 10.8. The molecule has 1 saturated carbocycles. The zero-order valence-electron chi connectivity index (χ0n) is 19.8. The van der Waals surface area contributed by atoms with Gasteiger partial charge in [-0.15, -0.1) is 0 Å². The van der Waals surface area contributed by atoms with Crippen molar-refractivity contribution in [2.45, 2.75) is 50.8 Å². The van der Waals surface area contributed by atoms with Crippen molar-refractivity contribution >= 4 is 29.5 Å². The Morgan fingerprint density at radius 3 is 2.89 bits per heavy atom. The van der Waals surface area contributed by atoms with E-state index in [1.807, 2.05) is 12.1 Å². The Morgan fingerprint density at radius 1 is 1.17 bits per heavy atom. The summed E-state index contributed by atoms with van der Waals surface area (Å²) in [6.45, 7) is 3.72. The topological polar surface area (TPSA) is 70.7 Å². The number of carbonyl (C=O) groups excluding carboxylic acids is 2. The molecular weight excluding hydrogens is 462 g/mol. The number of benzene rings is 2. The van der Waals surface area contributed by atoms with Gasteiger partial charge in [-0.1, -0.05) is 48.0 Å². The Hall–Kier alpha value is -2.83. The van der Waals surface area contributed by atoms with E-state index in [-0.39, 0.29) is 29.9 Å². The first-order chi connectivity index (χ1) is 17.0. The van der Waals surface area contributed by atoms with Crippen molar-refractivity contribution in [3.8, 4) is 0 Å². The van der Waals surface area contributed by atoms with E-state index in [0.717, 1.165) is 50.9 Å². The lowest BCUT2D eigenvalue weighted by Gasteiger charge is -2.39. The van der Waals surface area contributed by atoms with Crippen LogP contribution >= 0.6 is 11.6 Å². The van der Waals surface area contributed by atoms with Crippen molar-refractivity contribution in [1.29, 1.82) is 0 Å². The smallest absolute Gasteiger partial charge is 0.286 e. The molecule has 0 radical (unpaired) electrons. The van der Waals surface area contributed by atoms with Crippen LogP contribution in [0.25, 0.3) is 6.08 Å². The number of rotatable bonds is 6. The number of nitrogens with one attached hydrogen (secondary N) is 2. The first kappa shape index (κ1) is 23.9. The molecule has 1 saturated heterocycles. The van der Waals surface area contributed by atoms with Gasteiger partial charge in [0, 0.05) is 37.1 Å². The zero-order valence-corrected chi connectivity index (χ0v) is 20.6. The maximum Gasteiger partial charge on any atom is 0.286 e. The molecule has 184 valence electrons. The van der Waals surface area contributed by atoms with Gasteiger partial charge < -0.3 is 15.4 Å². The second-order valence-electron chi connectivity index (χ2n) is 9.75. The largest absolute Gasteiger partial charge is 0.483 e. The number of halogens is 1. The van der Waals surface area contributed by atoms with Crippen molar-refractivity contribution in [1.82, 2.24) is 15.5 Å². The minimum atomic E-state index is -0.240. The zero-order chi connectivity index (χ0) is 24.2. The van der Waals surface area contributed by atoms with Gasteiger partial charge in [0.05, 0.1) is 6.04 Å². The summed E-state index contributed by atoms with van der Waals surface area (Å²) in [4.78, 5) is 27.9. The highest BCUT2D eigenvalue weighted by Crippen LogP contribution is 2.31. The monoisotopic (exact) mass is 493 g/mol. The fourth-order valence-electron chi connectivity index (χ4n) is 5.38. The van der Waals surface area contributed by atoms with Crippen LogP contribution in [0.15, 0.2) is 54.3 Å². The van der Waals surface area contributed by atoms with Crippen LogP contribution in [-0.2, 0) is 27.3 Å². The van der Waals surface area contributed by atoms with Gasteiger partial charge >= 0.3 is 0 Å². The van der Waals surface area contributed by atoms with E-state index in [1.54, 1.807) is 18.2 Å². The molecule has 6 nitrogen and oxygen atoms in total. The normalized spacial score (nSPS) is 25.2. The molecule has 2 heterocycles. The van der Waals surface area contributed by atoms with Crippen LogP contribution in [-0.4, -0.2) is 48.5 Å². The van der Waals surface area contributed by atoms with Crippen LogP contribution in [0, 0.1) is 5.92 Å². The minimum Gasteiger partial charge on any atom is -0.483 e. The fourth-order valence-corrected chi connectivity index (χ4v) is 5.58. The molecule has 2 aromatic rings. The lowest BCUT2D eigenvalue weighted by atomic mass is 9.82. The highest BCUT2D eigenvalue weighted by atomic mass is 35.5. The number of hydrogen-bond donors (Lipinski definition) is 2. The second-order valence-corrected chi connectivity index (χ2v) is 10.2. The van der Waals surface area contributed by atoms with Gasteiger partial charge in [0.15, 0.2) is 5.76 Å². The fraction of sp³-hybridized carbons (Fsp3) is 0.429. The summed E-state index contributed by atoms with van der Waals surface area (Å²) in [7, 11) is 0. The minimum absolute atomic E-state index is 0.0851. The Morgan fingerprint density at radius 2 is 2.03 bits per heavy atom. The standard InChI is InChI=1S/C28H32ClN3O3/c29-23-8-3-5-19(15-23)16-26-28(34)31-24-17-21(9-10-25(24)35-26)27(33)30-12-4-13-32-14-11-20-6-1-2-7-22(20)18-32/h1-3,5-8,15-16,21,24-25H,4,9-14,17-18H2,(H,30,33)(H,31,34)/b26-16+. The summed E-state index contributed by atoms with van der Waals surface area (Å²) in [5.41, 5.74) is 3.70. The molecular formula is C28H32ClN3O3. The molecule has 3 aliphatic rings. The Labute approximate surface area is 211 Å². The maximum absolute atomic E-state index is 12.8. The molecule has 2 fully saturated rings. The van der Waals surface area contributed by atoms with Crippen LogP contribution in [0.1, 0.15) is 42.4 Å². The number of nitrogens with zero attached hydrogens (tertiary/aromatic N) is 1. The molecule has 2 aromatic carbocycles. The molecule has 0 spiro atoms. The van der Waals surface area contributed by atoms with E-state index < -0.39 is 0 Å². The van der Waals surface area contributed by atoms with Crippen LogP contribution in [0.5, 0.6) is 0 Å².